The van der Waals surface area contributed by atoms with Crippen LogP contribution in [0.3, 0.4) is 0 Å². The molecule has 3 atom stereocenters. The standard InChI is InChI=1S/C14H17NO2/c1-3-11-9-12(10-7-5-4-6-8-10)13(15-11)14(16)17-2/h3-8,11-13,15H,1,9H2,2H3/t11-,12+,13-/m0/s1. The summed E-state index contributed by atoms with van der Waals surface area (Å²) in [6, 6.07) is 9.95. The van der Waals surface area contributed by atoms with Crippen molar-refractivity contribution in [3.05, 3.63) is 48.6 Å². The average Bonchev–Trinajstić information content (AvgIpc) is 2.83. The van der Waals surface area contributed by atoms with Crippen molar-refractivity contribution in [1.29, 1.82) is 0 Å². The number of nitrogens with one attached hydrogen (secondary N) is 1. The molecule has 3 nitrogen and oxygen atoms in total. The molecule has 17 heavy (non-hydrogen) atoms. The Kier molecular flexibility index (Phi) is 3.59. The first-order chi connectivity index (χ1) is 8.26. The zero-order valence-electron chi connectivity index (χ0n) is 9.93. The molecule has 0 unspecified atom stereocenters. The minimum atomic E-state index is -0.273. The summed E-state index contributed by atoms with van der Waals surface area (Å²) in [6.07, 6.45) is 2.73. The van der Waals surface area contributed by atoms with Crippen molar-refractivity contribution in [3.8, 4) is 0 Å². The SMILES string of the molecule is C=C[C@H]1C[C@H](c2ccccc2)[C@@H](C(=O)OC)N1. The van der Waals surface area contributed by atoms with Crippen LogP contribution in [-0.4, -0.2) is 25.2 Å². The van der Waals surface area contributed by atoms with Gasteiger partial charge in [-0.3, -0.25) is 10.1 Å². The van der Waals surface area contributed by atoms with Gasteiger partial charge in [-0.1, -0.05) is 36.4 Å². The first kappa shape index (κ1) is 11.9. The molecular weight excluding hydrogens is 214 g/mol. The maximum absolute atomic E-state index is 11.7. The van der Waals surface area contributed by atoms with Gasteiger partial charge in [-0.2, -0.15) is 0 Å². The lowest BCUT2D eigenvalue weighted by Gasteiger charge is -2.17. The molecule has 0 bridgehead atoms. The molecule has 1 aliphatic rings. The van der Waals surface area contributed by atoms with Gasteiger partial charge in [0.25, 0.3) is 0 Å². The summed E-state index contributed by atoms with van der Waals surface area (Å²) in [5, 5.41) is 3.25. The lowest BCUT2D eigenvalue weighted by molar-refractivity contribution is -0.143. The van der Waals surface area contributed by atoms with Crippen LogP contribution in [0.1, 0.15) is 17.9 Å². The highest BCUT2D eigenvalue weighted by atomic mass is 16.5. The molecular formula is C14H17NO2. The minimum Gasteiger partial charge on any atom is -0.468 e. The number of ether oxygens (including phenoxy) is 1. The quantitative estimate of drug-likeness (QED) is 0.637. The topological polar surface area (TPSA) is 38.3 Å². The normalized spacial score (nSPS) is 27.7. The van der Waals surface area contributed by atoms with Gasteiger partial charge in [-0.25, -0.2) is 0 Å². The third-order valence-corrected chi connectivity index (χ3v) is 3.27. The molecule has 90 valence electrons. The Morgan fingerprint density at radius 1 is 1.47 bits per heavy atom. The van der Waals surface area contributed by atoms with Crippen LogP contribution in [0, 0.1) is 0 Å². The average molecular weight is 231 g/mol. The van der Waals surface area contributed by atoms with Crippen LogP contribution in [-0.2, 0) is 9.53 Å². The maximum atomic E-state index is 11.7. The third kappa shape index (κ3) is 2.39. The van der Waals surface area contributed by atoms with E-state index >= 15 is 0 Å². The fourth-order valence-corrected chi connectivity index (χ4v) is 2.38. The van der Waals surface area contributed by atoms with Gasteiger partial charge in [-0.15, -0.1) is 6.58 Å². The number of hydrogen-bond acceptors (Lipinski definition) is 3. The van der Waals surface area contributed by atoms with E-state index in [1.54, 1.807) is 0 Å². The van der Waals surface area contributed by atoms with E-state index in [0.29, 0.717) is 0 Å². The fraction of sp³-hybridized carbons (Fsp3) is 0.357. The number of benzene rings is 1. The maximum Gasteiger partial charge on any atom is 0.323 e. The van der Waals surface area contributed by atoms with Crippen molar-refractivity contribution >= 4 is 5.97 Å². The number of carbonyl (C=O) groups excluding carboxylic acids is 1. The predicted molar refractivity (Wildman–Crippen MR) is 66.7 cm³/mol. The van der Waals surface area contributed by atoms with Crippen molar-refractivity contribution in [2.45, 2.75) is 24.4 Å². The summed E-state index contributed by atoms with van der Waals surface area (Å²) in [4.78, 5) is 11.7. The van der Waals surface area contributed by atoms with Crippen molar-refractivity contribution in [3.63, 3.8) is 0 Å². The summed E-state index contributed by atoms with van der Waals surface area (Å²) in [5.41, 5.74) is 1.17. The molecule has 0 amide bonds. The third-order valence-electron chi connectivity index (χ3n) is 3.27. The monoisotopic (exact) mass is 231 g/mol. The second kappa shape index (κ2) is 5.15. The Bertz CT molecular complexity index is 402. The number of hydrogen-bond donors (Lipinski definition) is 1. The highest BCUT2D eigenvalue weighted by molar-refractivity contribution is 5.77. The molecule has 1 aromatic rings. The molecule has 0 spiro atoms. The molecule has 2 rings (SSSR count). The largest absolute Gasteiger partial charge is 0.468 e. The first-order valence-corrected chi connectivity index (χ1v) is 5.77. The Hall–Kier alpha value is -1.61. The van der Waals surface area contributed by atoms with Crippen molar-refractivity contribution < 1.29 is 9.53 Å². The fourth-order valence-electron chi connectivity index (χ4n) is 2.38. The Labute approximate surface area is 101 Å². The summed E-state index contributed by atoms with van der Waals surface area (Å²) in [7, 11) is 1.42. The second-order valence-electron chi connectivity index (χ2n) is 4.26. The highest BCUT2D eigenvalue weighted by Crippen LogP contribution is 2.31. The van der Waals surface area contributed by atoms with E-state index in [1.807, 2.05) is 36.4 Å². The number of methoxy groups -OCH3 is 1. The van der Waals surface area contributed by atoms with Gasteiger partial charge in [0.1, 0.15) is 6.04 Å². The van der Waals surface area contributed by atoms with Gasteiger partial charge >= 0.3 is 5.97 Å². The molecule has 0 aliphatic carbocycles. The van der Waals surface area contributed by atoms with Crippen molar-refractivity contribution in [1.82, 2.24) is 5.32 Å². The molecule has 1 aromatic carbocycles. The van der Waals surface area contributed by atoms with Crippen molar-refractivity contribution in [2.75, 3.05) is 7.11 Å². The molecule has 1 N–H and O–H groups in total. The second-order valence-corrected chi connectivity index (χ2v) is 4.26. The van der Waals surface area contributed by atoms with Crippen LogP contribution in [0.5, 0.6) is 0 Å². The molecule has 1 aliphatic heterocycles. The van der Waals surface area contributed by atoms with Gasteiger partial charge in [-0.05, 0) is 12.0 Å². The number of carbonyl (C=O) groups is 1. The Morgan fingerprint density at radius 3 is 2.76 bits per heavy atom. The van der Waals surface area contributed by atoms with E-state index in [2.05, 4.69) is 11.9 Å². The minimum absolute atomic E-state index is 0.159. The predicted octanol–water partition coefficient (Wildman–Crippen LogP) is 1.86. The number of rotatable bonds is 3. The smallest absolute Gasteiger partial charge is 0.323 e. The van der Waals surface area contributed by atoms with E-state index in [1.165, 1.54) is 12.7 Å². The molecule has 3 heteroatoms. The van der Waals surface area contributed by atoms with Gasteiger partial charge < -0.3 is 4.74 Å². The summed E-state index contributed by atoms with van der Waals surface area (Å²) in [6.45, 7) is 3.78. The molecule has 0 saturated carbocycles. The van der Waals surface area contributed by atoms with Crippen molar-refractivity contribution in [2.24, 2.45) is 0 Å². The van der Waals surface area contributed by atoms with Crippen LogP contribution >= 0.6 is 0 Å². The summed E-state index contributed by atoms with van der Waals surface area (Å²) >= 11 is 0. The van der Waals surface area contributed by atoms with E-state index < -0.39 is 0 Å². The molecule has 1 saturated heterocycles. The zero-order chi connectivity index (χ0) is 12.3. The van der Waals surface area contributed by atoms with Gasteiger partial charge in [0.05, 0.1) is 7.11 Å². The van der Waals surface area contributed by atoms with Crippen LogP contribution in [0.2, 0.25) is 0 Å². The molecule has 1 fully saturated rings. The molecule has 1 heterocycles. The first-order valence-electron chi connectivity index (χ1n) is 5.77. The van der Waals surface area contributed by atoms with E-state index in [4.69, 9.17) is 4.74 Å². The van der Waals surface area contributed by atoms with Crippen LogP contribution in [0.4, 0.5) is 0 Å². The lowest BCUT2D eigenvalue weighted by atomic mass is 9.91. The van der Waals surface area contributed by atoms with Gasteiger partial charge in [0.15, 0.2) is 0 Å². The summed E-state index contributed by atoms with van der Waals surface area (Å²) < 4.78 is 4.84. The zero-order valence-corrected chi connectivity index (χ0v) is 9.93. The van der Waals surface area contributed by atoms with E-state index in [-0.39, 0.29) is 24.0 Å². The number of esters is 1. The lowest BCUT2D eigenvalue weighted by Crippen LogP contribution is -2.38. The van der Waals surface area contributed by atoms with Crippen LogP contribution in [0.25, 0.3) is 0 Å². The molecule has 0 radical (unpaired) electrons. The van der Waals surface area contributed by atoms with Crippen LogP contribution in [0.15, 0.2) is 43.0 Å². The van der Waals surface area contributed by atoms with Crippen LogP contribution < -0.4 is 5.32 Å². The van der Waals surface area contributed by atoms with Gasteiger partial charge in [0, 0.05) is 12.0 Å². The Balaban J connectivity index is 2.24. The molecule has 0 aromatic heterocycles. The summed E-state index contributed by atoms with van der Waals surface area (Å²) in [5.74, 6) is -0.0464. The Morgan fingerprint density at radius 2 is 2.18 bits per heavy atom. The van der Waals surface area contributed by atoms with Gasteiger partial charge in [0.2, 0.25) is 0 Å². The van der Waals surface area contributed by atoms with E-state index in [0.717, 1.165) is 6.42 Å². The highest BCUT2D eigenvalue weighted by Gasteiger charge is 2.38. The van der Waals surface area contributed by atoms with E-state index in [9.17, 15) is 4.79 Å².